The van der Waals surface area contributed by atoms with Crippen LogP contribution in [0.15, 0.2) is 29.4 Å². The molecule has 0 spiro atoms. The number of likely N-dealkylation sites (tertiary alicyclic amines) is 1. The van der Waals surface area contributed by atoms with Crippen molar-refractivity contribution in [3.05, 3.63) is 29.8 Å². The summed E-state index contributed by atoms with van der Waals surface area (Å²) >= 11 is 0. The van der Waals surface area contributed by atoms with Crippen molar-refractivity contribution in [2.45, 2.75) is 26.7 Å². The number of benzene rings is 1. The highest BCUT2D eigenvalue weighted by molar-refractivity contribution is 6.00. The van der Waals surface area contributed by atoms with E-state index in [9.17, 15) is 4.79 Å². The van der Waals surface area contributed by atoms with Crippen molar-refractivity contribution in [3.8, 4) is 0 Å². The smallest absolute Gasteiger partial charge is 0.321 e. The van der Waals surface area contributed by atoms with Gasteiger partial charge < -0.3 is 15.4 Å². The molecule has 0 unspecified atom stereocenters. The monoisotopic (exact) mass is 275 g/mol. The Morgan fingerprint density at radius 3 is 2.75 bits per heavy atom. The number of carbonyl (C=O) groups excluding carboxylic acids is 1. The molecule has 1 aromatic rings. The molecule has 1 aliphatic heterocycles. The third-order valence-electron chi connectivity index (χ3n) is 3.75. The summed E-state index contributed by atoms with van der Waals surface area (Å²) in [6.07, 6.45) is 2.12. The van der Waals surface area contributed by atoms with Crippen molar-refractivity contribution in [2.75, 3.05) is 18.4 Å². The van der Waals surface area contributed by atoms with Crippen LogP contribution in [0.25, 0.3) is 0 Å². The molecular weight excluding hydrogens is 254 g/mol. The molecule has 5 nitrogen and oxygen atoms in total. The fourth-order valence-electron chi connectivity index (χ4n) is 2.29. The van der Waals surface area contributed by atoms with E-state index in [0.717, 1.165) is 31.5 Å². The molecule has 20 heavy (non-hydrogen) atoms. The van der Waals surface area contributed by atoms with E-state index in [1.54, 1.807) is 13.0 Å². The summed E-state index contributed by atoms with van der Waals surface area (Å²) in [5, 5.41) is 14.8. The largest absolute Gasteiger partial charge is 0.411 e. The molecule has 0 aromatic heterocycles. The van der Waals surface area contributed by atoms with Crippen LogP contribution in [0.3, 0.4) is 0 Å². The van der Waals surface area contributed by atoms with Crippen molar-refractivity contribution >= 4 is 17.4 Å². The number of oxime groups is 1. The number of nitrogens with zero attached hydrogens (tertiary/aromatic N) is 2. The summed E-state index contributed by atoms with van der Waals surface area (Å²) in [5.41, 5.74) is 2.03. The molecule has 1 saturated heterocycles. The number of amides is 2. The molecule has 108 valence electrons. The van der Waals surface area contributed by atoms with E-state index in [2.05, 4.69) is 17.4 Å². The molecule has 0 atom stereocenters. The molecule has 1 heterocycles. The summed E-state index contributed by atoms with van der Waals surface area (Å²) < 4.78 is 0. The number of piperidine rings is 1. The number of urea groups is 1. The van der Waals surface area contributed by atoms with Gasteiger partial charge in [0.1, 0.15) is 0 Å². The number of rotatable bonds is 2. The molecule has 5 heteroatoms. The molecule has 2 N–H and O–H groups in total. The van der Waals surface area contributed by atoms with Crippen LogP contribution in [0.4, 0.5) is 10.5 Å². The lowest BCUT2D eigenvalue weighted by molar-refractivity contribution is 0.186. The van der Waals surface area contributed by atoms with E-state index >= 15 is 0 Å². The van der Waals surface area contributed by atoms with Gasteiger partial charge in [0.05, 0.1) is 5.71 Å². The Kier molecular flexibility index (Phi) is 4.61. The zero-order chi connectivity index (χ0) is 14.5. The normalized spacial score (nSPS) is 17.1. The molecule has 1 aliphatic rings. The van der Waals surface area contributed by atoms with Crippen molar-refractivity contribution in [1.82, 2.24) is 4.90 Å². The van der Waals surface area contributed by atoms with Gasteiger partial charge in [0.2, 0.25) is 0 Å². The minimum atomic E-state index is -0.0624. The number of hydrogen-bond donors (Lipinski definition) is 2. The van der Waals surface area contributed by atoms with E-state index in [4.69, 9.17) is 5.21 Å². The molecule has 1 fully saturated rings. The number of nitrogens with one attached hydrogen (secondary N) is 1. The van der Waals surface area contributed by atoms with Gasteiger partial charge in [-0.05, 0) is 37.8 Å². The fourth-order valence-corrected chi connectivity index (χ4v) is 2.29. The first-order valence-electron chi connectivity index (χ1n) is 6.95. The van der Waals surface area contributed by atoms with Crippen LogP contribution in [0.5, 0.6) is 0 Å². The minimum Gasteiger partial charge on any atom is -0.411 e. The summed E-state index contributed by atoms with van der Waals surface area (Å²) in [6, 6.07) is 7.25. The average molecular weight is 275 g/mol. The molecule has 2 amide bonds. The predicted octanol–water partition coefficient (Wildman–Crippen LogP) is 3.15. The Morgan fingerprint density at radius 1 is 1.40 bits per heavy atom. The third-order valence-corrected chi connectivity index (χ3v) is 3.75. The first-order valence-corrected chi connectivity index (χ1v) is 6.95. The molecule has 0 radical (unpaired) electrons. The topological polar surface area (TPSA) is 64.9 Å². The number of carbonyl (C=O) groups is 1. The first kappa shape index (κ1) is 14.4. The Balaban J connectivity index is 2.01. The highest BCUT2D eigenvalue weighted by atomic mass is 16.4. The van der Waals surface area contributed by atoms with Crippen LogP contribution in [-0.4, -0.2) is 34.9 Å². The second kappa shape index (κ2) is 6.41. The van der Waals surface area contributed by atoms with Crippen LogP contribution in [-0.2, 0) is 0 Å². The molecule has 1 aromatic carbocycles. The van der Waals surface area contributed by atoms with E-state index in [-0.39, 0.29) is 6.03 Å². The van der Waals surface area contributed by atoms with Gasteiger partial charge in [-0.25, -0.2) is 4.79 Å². The van der Waals surface area contributed by atoms with Gasteiger partial charge in [0, 0.05) is 24.3 Å². The third kappa shape index (κ3) is 3.50. The minimum absolute atomic E-state index is 0.0624. The lowest BCUT2D eigenvalue weighted by Crippen LogP contribution is -2.40. The van der Waals surface area contributed by atoms with Crippen molar-refractivity contribution < 1.29 is 10.0 Å². The first-order chi connectivity index (χ1) is 9.60. The van der Waals surface area contributed by atoms with Crippen molar-refractivity contribution in [3.63, 3.8) is 0 Å². The van der Waals surface area contributed by atoms with Crippen LogP contribution in [0.2, 0.25) is 0 Å². The summed E-state index contributed by atoms with van der Waals surface area (Å²) in [6.45, 7) is 5.55. The number of hydrogen-bond acceptors (Lipinski definition) is 3. The van der Waals surface area contributed by atoms with E-state index < -0.39 is 0 Å². The van der Waals surface area contributed by atoms with E-state index in [1.165, 1.54) is 0 Å². The van der Waals surface area contributed by atoms with Gasteiger partial charge in [-0.1, -0.05) is 24.2 Å². The maximum absolute atomic E-state index is 12.2. The number of anilines is 1. The summed E-state index contributed by atoms with van der Waals surface area (Å²) in [5.74, 6) is 0.700. The molecule has 0 aliphatic carbocycles. The zero-order valence-corrected chi connectivity index (χ0v) is 12.0. The summed E-state index contributed by atoms with van der Waals surface area (Å²) in [4.78, 5) is 14.0. The molecule has 0 saturated carbocycles. The molecule has 2 rings (SSSR count). The Labute approximate surface area is 119 Å². The maximum Gasteiger partial charge on any atom is 0.321 e. The zero-order valence-electron chi connectivity index (χ0n) is 12.0. The SMILES string of the molecule is CC(=NO)c1cccc(NC(=O)N2CCC(C)CC2)c1. The van der Waals surface area contributed by atoms with E-state index in [0.29, 0.717) is 17.3 Å². The Bertz CT molecular complexity index is 506. The average Bonchev–Trinajstić information content (AvgIpc) is 2.47. The lowest BCUT2D eigenvalue weighted by atomic mass is 10.00. The van der Waals surface area contributed by atoms with Crippen molar-refractivity contribution in [2.24, 2.45) is 11.1 Å². The van der Waals surface area contributed by atoms with Crippen LogP contribution >= 0.6 is 0 Å². The quantitative estimate of drug-likeness (QED) is 0.494. The Hall–Kier alpha value is -2.04. The molecular formula is C15H21N3O2. The summed E-state index contributed by atoms with van der Waals surface area (Å²) in [7, 11) is 0. The van der Waals surface area contributed by atoms with Gasteiger partial charge in [0.15, 0.2) is 0 Å². The highest BCUT2D eigenvalue weighted by Gasteiger charge is 2.20. The van der Waals surface area contributed by atoms with Gasteiger partial charge >= 0.3 is 6.03 Å². The van der Waals surface area contributed by atoms with Crippen molar-refractivity contribution in [1.29, 1.82) is 0 Å². The van der Waals surface area contributed by atoms with Gasteiger partial charge in [-0.15, -0.1) is 0 Å². The molecule has 0 bridgehead atoms. The maximum atomic E-state index is 12.2. The van der Waals surface area contributed by atoms with Gasteiger partial charge in [-0.2, -0.15) is 0 Å². The van der Waals surface area contributed by atoms with E-state index in [1.807, 2.05) is 23.1 Å². The van der Waals surface area contributed by atoms with Crippen LogP contribution in [0, 0.1) is 5.92 Å². The second-order valence-electron chi connectivity index (χ2n) is 5.37. The highest BCUT2D eigenvalue weighted by Crippen LogP contribution is 2.18. The van der Waals surface area contributed by atoms with Gasteiger partial charge in [0.25, 0.3) is 0 Å². The predicted molar refractivity (Wildman–Crippen MR) is 79.4 cm³/mol. The lowest BCUT2D eigenvalue weighted by Gasteiger charge is -2.30. The fraction of sp³-hybridized carbons (Fsp3) is 0.467. The second-order valence-corrected chi connectivity index (χ2v) is 5.37. The Morgan fingerprint density at radius 2 is 2.10 bits per heavy atom. The van der Waals surface area contributed by atoms with Gasteiger partial charge in [-0.3, -0.25) is 0 Å². The van der Waals surface area contributed by atoms with Crippen LogP contribution in [0.1, 0.15) is 32.3 Å². The van der Waals surface area contributed by atoms with Crippen LogP contribution < -0.4 is 5.32 Å². The standard InChI is InChI=1S/C15H21N3O2/c1-11-6-8-18(9-7-11)15(19)16-14-5-3-4-13(10-14)12(2)17-20/h3-5,10-11,20H,6-9H2,1-2H3,(H,16,19).